The predicted octanol–water partition coefficient (Wildman–Crippen LogP) is 5.30. The standard InChI is InChI=1S/C13H9BrClI/c14-11-7-10(8-12(15)13(11)16)6-9-4-2-1-3-5-9/h1-5,7-8H,6H2. The van der Waals surface area contributed by atoms with Crippen LogP contribution in [-0.4, -0.2) is 0 Å². The normalized spacial score (nSPS) is 10.4. The van der Waals surface area contributed by atoms with E-state index < -0.39 is 0 Å². The van der Waals surface area contributed by atoms with Crippen LogP contribution in [0, 0.1) is 3.57 Å². The van der Waals surface area contributed by atoms with Crippen molar-refractivity contribution in [3.8, 4) is 0 Å². The molecule has 0 saturated carbocycles. The second-order valence-electron chi connectivity index (χ2n) is 3.54. The zero-order valence-corrected chi connectivity index (χ0v) is 12.9. The Morgan fingerprint density at radius 2 is 1.75 bits per heavy atom. The van der Waals surface area contributed by atoms with Crippen LogP contribution >= 0.6 is 50.1 Å². The van der Waals surface area contributed by atoms with Gasteiger partial charge >= 0.3 is 0 Å². The van der Waals surface area contributed by atoms with Gasteiger partial charge < -0.3 is 0 Å². The zero-order valence-electron chi connectivity index (χ0n) is 8.38. The first-order valence-electron chi connectivity index (χ1n) is 4.84. The van der Waals surface area contributed by atoms with E-state index in [0.717, 1.165) is 19.5 Å². The van der Waals surface area contributed by atoms with E-state index in [0.29, 0.717) is 0 Å². The van der Waals surface area contributed by atoms with Crippen LogP contribution in [0.5, 0.6) is 0 Å². The molecule has 2 aromatic carbocycles. The first-order chi connectivity index (χ1) is 7.66. The molecule has 0 amide bonds. The Morgan fingerprint density at radius 3 is 2.38 bits per heavy atom. The van der Waals surface area contributed by atoms with Crippen molar-refractivity contribution in [3.05, 3.63) is 66.7 Å². The molecule has 0 fully saturated rings. The minimum Gasteiger partial charge on any atom is -0.0831 e. The largest absolute Gasteiger partial charge is 0.0831 e. The molecule has 0 unspecified atom stereocenters. The summed E-state index contributed by atoms with van der Waals surface area (Å²) in [6.45, 7) is 0. The molecule has 0 N–H and O–H groups in total. The van der Waals surface area contributed by atoms with E-state index in [1.54, 1.807) is 0 Å². The molecule has 0 spiro atoms. The van der Waals surface area contributed by atoms with E-state index in [1.807, 2.05) is 12.1 Å². The van der Waals surface area contributed by atoms with Crippen molar-refractivity contribution in [2.75, 3.05) is 0 Å². The molecule has 0 radical (unpaired) electrons. The Kier molecular flexibility index (Phi) is 4.27. The molecular weight excluding hydrogens is 398 g/mol. The monoisotopic (exact) mass is 406 g/mol. The minimum absolute atomic E-state index is 0.806. The molecular formula is C13H9BrClI. The fraction of sp³-hybridized carbons (Fsp3) is 0.0769. The van der Waals surface area contributed by atoms with E-state index in [1.165, 1.54) is 11.1 Å². The highest BCUT2D eigenvalue weighted by atomic mass is 127. The minimum atomic E-state index is 0.806. The van der Waals surface area contributed by atoms with Gasteiger partial charge in [-0.1, -0.05) is 41.9 Å². The summed E-state index contributed by atoms with van der Waals surface area (Å²) in [6.07, 6.45) is 0.913. The predicted molar refractivity (Wildman–Crippen MR) is 81.1 cm³/mol. The maximum Gasteiger partial charge on any atom is 0.0553 e. The van der Waals surface area contributed by atoms with E-state index in [-0.39, 0.29) is 0 Å². The molecule has 82 valence electrons. The molecule has 0 saturated heterocycles. The summed E-state index contributed by atoms with van der Waals surface area (Å²) in [5.41, 5.74) is 2.52. The first-order valence-corrected chi connectivity index (χ1v) is 7.09. The maximum absolute atomic E-state index is 6.15. The first kappa shape index (κ1) is 12.4. The molecule has 0 bridgehead atoms. The lowest BCUT2D eigenvalue weighted by atomic mass is 10.1. The van der Waals surface area contributed by atoms with Gasteiger partial charge in [0.25, 0.3) is 0 Å². The second kappa shape index (κ2) is 5.52. The number of rotatable bonds is 2. The van der Waals surface area contributed by atoms with Gasteiger partial charge in [0.05, 0.1) is 5.02 Å². The highest BCUT2D eigenvalue weighted by molar-refractivity contribution is 14.1. The fourth-order valence-corrected chi connectivity index (χ4v) is 2.72. The third kappa shape index (κ3) is 2.99. The quantitative estimate of drug-likeness (QED) is 0.468. The van der Waals surface area contributed by atoms with Gasteiger partial charge in [-0.3, -0.25) is 0 Å². The van der Waals surface area contributed by atoms with Crippen molar-refractivity contribution < 1.29 is 0 Å². The van der Waals surface area contributed by atoms with Crippen LogP contribution < -0.4 is 0 Å². The van der Waals surface area contributed by atoms with Gasteiger partial charge in [0.1, 0.15) is 0 Å². The van der Waals surface area contributed by atoms with Gasteiger partial charge in [-0.25, -0.2) is 0 Å². The molecule has 0 nitrogen and oxygen atoms in total. The van der Waals surface area contributed by atoms with Crippen molar-refractivity contribution in [2.24, 2.45) is 0 Å². The van der Waals surface area contributed by atoms with Crippen LogP contribution in [-0.2, 0) is 6.42 Å². The molecule has 0 aromatic heterocycles. The Balaban J connectivity index is 2.29. The van der Waals surface area contributed by atoms with E-state index in [2.05, 4.69) is 68.9 Å². The SMILES string of the molecule is Clc1cc(Cc2ccccc2)cc(Br)c1I. The van der Waals surface area contributed by atoms with Crippen molar-refractivity contribution in [3.63, 3.8) is 0 Å². The lowest BCUT2D eigenvalue weighted by Gasteiger charge is -2.06. The highest BCUT2D eigenvalue weighted by Crippen LogP contribution is 2.29. The van der Waals surface area contributed by atoms with Crippen LogP contribution in [0.25, 0.3) is 0 Å². The Labute approximate surface area is 122 Å². The van der Waals surface area contributed by atoms with Crippen molar-refractivity contribution in [1.82, 2.24) is 0 Å². The van der Waals surface area contributed by atoms with E-state index in [4.69, 9.17) is 11.6 Å². The molecule has 3 heteroatoms. The molecule has 0 atom stereocenters. The summed E-state index contributed by atoms with van der Waals surface area (Å²) in [6, 6.07) is 14.5. The van der Waals surface area contributed by atoms with Crippen LogP contribution in [0.1, 0.15) is 11.1 Å². The Hall–Kier alpha value is -0.0600. The number of hydrogen-bond acceptors (Lipinski definition) is 0. The van der Waals surface area contributed by atoms with Crippen LogP contribution in [0.2, 0.25) is 5.02 Å². The van der Waals surface area contributed by atoms with Gasteiger partial charge in [-0.2, -0.15) is 0 Å². The van der Waals surface area contributed by atoms with Crippen LogP contribution in [0.4, 0.5) is 0 Å². The summed E-state index contributed by atoms with van der Waals surface area (Å²) in [5, 5.41) is 0.806. The number of benzene rings is 2. The average molecular weight is 407 g/mol. The second-order valence-corrected chi connectivity index (χ2v) is 5.88. The summed E-state index contributed by atoms with van der Waals surface area (Å²) >= 11 is 11.9. The Morgan fingerprint density at radius 1 is 1.06 bits per heavy atom. The van der Waals surface area contributed by atoms with Gasteiger partial charge in [-0.15, -0.1) is 0 Å². The molecule has 0 aliphatic carbocycles. The van der Waals surface area contributed by atoms with Crippen molar-refractivity contribution >= 4 is 50.1 Å². The maximum atomic E-state index is 6.15. The molecule has 0 heterocycles. The highest BCUT2D eigenvalue weighted by Gasteiger charge is 2.05. The molecule has 0 aliphatic heterocycles. The summed E-state index contributed by atoms with van der Waals surface area (Å²) < 4.78 is 2.13. The van der Waals surface area contributed by atoms with Crippen molar-refractivity contribution in [1.29, 1.82) is 0 Å². The van der Waals surface area contributed by atoms with E-state index >= 15 is 0 Å². The summed E-state index contributed by atoms with van der Waals surface area (Å²) in [4.78, 5) is 0. The van der Waals surface area contributed by atoms with Crippen LogP contribution in [0.15, 0.2) is 46.9 Å². The number of halogens is 3. The summed E-state index contributed by atoms with van der Waals surface area (Å²) in [7, 11) is 0. The number of hydrogen-bond donors (Lipinski definition) is 0. The summed E-state index contributed by atoms with van der Waals surface area (Å²) in [5.74, 6) is 0. The fourth-order valence-electron chi connectivity index (χ4n) is 1.54. The third-order valence-electron chi connectivity index (χ3n) is 2.29. The van der Waals surface area contributed by atoms with Gasteiger partial charge in [0.2, 0.25) is 0 Å². The van der Waals surface area contributed by atoms with Gasteiger partial charge in [0, 0.05) is 8.04 Å². The van der Waals surface area contributed by atoms with Crippen molar-refractivity contribution in [2.45, 2.75) is 6.42 Å². The smallest absolute Gasteiger partial charge is 0.0553 e. The molecule has 16 heavy (non-hydrogen) atoms. The van der Waals surface area contributed by atoms with Gasteiger partial charge in [-0.05, 0) is 68.2 Å². The zero-order chi connectivity index (χ0) is 11.5. The lowest BCUT2D eigenvalue weighted by molar-refractivity contribution is 1.19. The molecule has 2 rings (SSSR count). The van der Waals surface area contributed by atoms with E-state index in [9.17, 15) is 0 Å². The topological polar surface area (TPSA) is 0 Å². The Bertz CT molecular complexity index is 474. The molecule has 2 aromatic rings. The molecule has 0 aliphatic rings. The lowest BCUT2D eigenvalue weighted by Crippen LogP contribution is -1.89. The third-order valence-corrected chi connectivity index (χ3v) is 5.44. The van der Waals surface area contributed by atoms with Crippen LogP contribution in [0.3, 0.4) is 0 Å². The average Bonchev–Trinajstić information content (AvgIpc) is 2.27. The van der Waals surface area contributed by atoms with Gasteiger partial charge in [0.15, 0.2) is 0 Å².